The van der Waals surface area contributed by atoms with E-state index in [1.165, 1.54) is 28.5 Å². The van der Waals surface area contributed by atoms with E-state index in [0.717, 1.165) is 0 Å². The SMILES string of the molecule is CCOC(=O)c1cnc(NC(=O)c2ccc(Cc3c(C)cc(C)cc3C)o2)nc1C. The van der Waals surface area contributed by atoms with E-state index in [1.807, 2.05) is 0 Å². The van der Waals surface area contributed by atoms with E-state index in [-0.39, 0.29) is 23.9 Å². The summed E-state index contributed by atoms with van der Waals surface area (Å²) < 4.78 is 10.7. The van der Waals surface area contributed by atoms with Gasteiger partial charge in [-0.1, -0.05) is 17.7 Å². The van der Waals surface area contributed by atoms with Crippen LogP contribution in [0.1, 0.15) is 61.5 Å². The van der Waals surface area contributed by atoms with Gasteiger partial charge >= 0.3 is 5.97 Å². The molecule has 0 atom stereocenters. The lowest BCUT2D eigenvalue weighted by Crippen LogP contribution is -2.16. The molecule has 0 radical (unpaired) electrons. The fraction of sp³-hybridized carbons (Fsp3) is 0.304. The summed E-state index contributed by atoms with van der Waals surface area (Å²) in [4.78, 5) is 32.5. The van der Waals surface area contributed by atoms with E-state index >= 15 is 0 Å². The number of anilines is 1. The maximum atomic E-state index is 12.5. The van der Waals surface area contributed by atoms with Gasteiger partial charge in [0.25, 0.3) is 5.91 Å². The van der Waals surface area contributed by atoms with Crippen molar-refractivity contribution in [3.8, 4) is 0 Å². The Balaban J connectivity index is 1.71. The summed E-state index contributed by atoms with van der Waals surface area (Å²) in [5, 5.41) is 2.60. The van der Waals surface area contributed by atoms with Crippen molar-refractivity contribution in [1.82, 2.24) is 9.97 Å². The van der Waals surface area contributed by atoms with Crippen LogP contribution < -0.4 is 5.32 Å². The van der Waals surface area contributed by atoms with Gasteiger partial charge in [-0.3, -0.25) is 10.1 Å². The Kier molecular flexibility index (Phi) is 6.30. The molecule has 2 heterocycles. The van der Waals surface area contributed by atoms with Crippen molar-refractivity contribution < 1.29 is 18.7 Å². The molecule has 1 amide bonds. The fourth-order valence-electron chi connectivity index (χ4n) is 3.36. The first-order valence-corrected chi connectivity index (χ1v) is 9.76. The molecule has 0 saturated heterocycles. The highest BCUT2D eigenvalue weighted by Crippen LogP contribution is 2.21. The number of carbonyl (C=O) groups excluding carboxylic acids is 2. The van der Waals surface area contributed by atoms with Crippen LogP contribution in [0, 0.1) is 27.7 Å². The zero-order chi connectivity index (χ0) is 21.8. The van der Waals surface area contributed by atoms with Gasteiger partial charge in [0, 0.05) is 12.6 Å². The average Bonchev–Trinajstić information content (AvgIpc) is 3.14. The second-order valence-electron chi connectivity index (χ2n) is 7.19. The molecule has 0 bridgehead atoms. The minimum atomic E-state index is -0.495. The van der Waals surface area contributed by atoms with Crippen molar-refractivity contribution in [3.05, 3.63) is 75.5 Å². The summed E-state index contributed by atoms with van der Waals surface area (Å²) in [5.74, 6) is 0.00829. The average molecular weight is 407 g/mol. The number of rotatable bonds is 6. The molecule has 1 N–H and O–H groups in total. The Hall–Kier alpha value is -3.48. The van der Waals surface area contributed by atoms with E-state index in [0.29, 0.717) is 17.9 Å². The number of aryl methyl sites for hydroxylation is 4. The van der Waals surface area contributed by atoms with Gasteiger partial charge in [-0.2, -0.15) is 0 Å². The number of carbonyl (C=O) groups is 2. The second kappa shape index (κ2) is 8.90. The number of ether oxygens (including phenoxy) is 1. The van der Waals surface area contributed by atoms with Gasteiger partial charge in [0.2, 0.25) is 5.95 Å². The maximum Gasteiger partial charge on any atom is 0.341 e. The molecule has 0 saturated carbocycles. The quantitative estimate of drug-likeness (QED) is 0.612. The van der Waals surface area contributed by atoms with Crippen molar-refractivity contribution >= 4 is 17.8 Å². The Morgan fingerprint density at radius 2 is 1.80 bits per heavy atom. The Bertz CT molecular complexity index is 1080. The number of hydrogen-bond donors (Lipinski definition) is 1. The van der Waals surface area contributed by atoms with Crippen molar-refractivity contribution in [1.29, 1.82) is 0 Å². The van der Waals surface area contributed by atoms with Crippen LogP contribution >= 0.6 is 0 Å². The van der Waals surface area contributed by atoms with Crippen molar-refractivity contribution in [3.63, 3.8) is 0 Å². The predicted molar refractivity (Wildman–Crippen MR) is 113 cm³/mol. The smallest absolute Gasteiger partial charge is 0.341 e. The summed E-state index contributed by atoms with van der Waals surface area (Å²) in [6, 6.07) is 7.70. The first kappa shape index (κ1) is 21.2. The third-order valence-corrected chi connectivity index (χ3v) is 4.78. The van der Waals surface area contributed by atoms with Gasteiger partial charge in [0.05, 0.1) is 17.9 Å². The lowest BCUT2D eigenvalue weighted by atomic mass is 9.97. The minimum Gasteiger partial charge on any atom is -0.462 e. The molecule has 2 aromatic heterocycles. The van der Waals surface area contributed by atoms with E-state index in [9.17, 15) is 9.59 Å². The topological polar surface area (TPSA) is 94.3 Å². The molecule has 0 aliphatic rings. The van der Waals surface area contributed by atoms with Crippen molar-refractivity contribution in [2.24, 2.45) is 0 Å². The third-order valence-electron chi connectivity index (χ3n) is 4.78. The molecule has 3 aromatic rings. The Labute approximate surface area is 175 Å². The molecule has 0 aliphatic heterocycles. The van der Waals surface area contributed by atoms with Crippen LogP contribution in [-0.2, 0) is 11.2 Å². The number of nitrogens with one attached hydrogen (secondary N) is 1. The molecule has 156 valence electrons. The summed E-state index contributed by atoms with van der Waals surface area (Å²) in [6.45, 7) is 9.86. The predicted octanol–water partition coefficient (Wildman–Crippen LogP) is 4.32. The van der Waals surface area contributed by atoms with Crippen LogP contribution in [0.5, 0.6) is 0 Å². The zero-order valence-corrected chi connectivity index (χ0v) is 17.8. The standard InChI is InChI=1S/C23H25N3O4/c1-6-29-22(28)19-12-24-23(25-16(19)5)26-21(27)20-8-7-17(30-20)11-18-14(3)9-13(2)10-15(18)4/h7-10,12H,6,11H2,1-5H3,(H,24,25,26,27). The number of furan rings is 1. The third kappa shape index (κ3) is 4.74. The summed E-state index contributed by atoms with van der Waals surface area (Å²) in [7, 11) is 0. The molecule has 3 rings (SSSR count). The number of amides is 1. The van der Waals surface area contributed by atoms with Gasteiger partial charge < -0.3 is 9.15 Å². The largest absolute Gasteiger partial charge is 0.462 e. The van der Waals surface area contributed by atoms with E-state index in [1.54, 1.807) is 26.0 Å². The highest BCUT2D eigenvalue weighted by atomic mass is 16.5. The van der Waals surface area contributed by atoms with E-state index in [4.69, 9.17) is 9.15 Å². The van der Waals surface area contributed by atoms with Crippen LogP contribution in [0.4, 0.5) is 5.95 Å². The molecule has 1 aromatic carbocycles. The van der Waals surface area contributed by atoms with E-state index < -0.39 is 11.9 Å². The molecular formula is C23H25N3O4. The summed E-state index contributed by atoms with van der Waals surface area (Å²) in [6.07, 6.45) is 1.95. The summed E-state index contributed by atoms with van der Waals surface area (Å²) >= 11 is 0. The molecule has 7 heteroatoms. The second-order valence-corrected chi connectivity index (χ2v) is 7.19. The van der Waals surface area contributed by atoms with E-state index in [2.05, 4.69) is 48.2 Å². The lowest BCUT2D eigenvalue weighted by molar-refractivity contribution is 0.0524. The first-order chi connectivity index (χ1) is 14.3. The Morgan fingerprint density at radius 3 is 2.43 bits per heavy atom. The molecule has 0 unspecified atom stereocenters. The summed E-state index contributed by atoms with van der Waals surface area (Å²) in [5.41, 5.74) is 5.48. The van der Waals surface area contributed by atoms with Gasteiger partial charge in [0.1, 0.15) is 5.76 Å². The van der Waals surface area contributed by atoms with Crippen LogP contribution in [0.15, 0.2) is 34.9 Å². The van der Waals surface area contributed by atoms with Crippen LogP contribution in [-0.4, -0.2) is 28.5 Å². The van der Waals surface area contributed by atoms with Gasteiger partial charge in [-0.05, 0) is 63.4 Å². The first-order valence-electron chi connectivity index (χ1n) is 9.76. The number of esters is 1. The van der Waals surface area contributed by atoms with Gasteiger partial charge in [-0.25, -0.2) is 14.8 Å². The minimum absolute atomic E-state index is 0.0914. The van der Waals surface area contributed by atoms with Gasteiger partial charge in [0.15, 0.2) is 5.76 Å². The molecule has 7 nitrogen and oxygen atoms in total. The molecule has 30 heavy (non-hydrogen) atoms. The van der Waals surface area contributed by atoms with Crippen LogP contribution in [0.25, 0.3) is 0 Å². The monoisotopic (exact) mass is 407 g/mol. The fourth-order valence-corrected chi connectivity index (χ4v) is 3.36. The van der Waals surface area contributed by atoms with Crippen molar-refractivity contribution in [2.75, 3.05) is 11.9 Å². The number of nitrogens with zero attached hydrogens (tertiary/aromatic N) is 2. The van der Waals surface area contributed by atoms with Gasteiger partial charge in [-0.15, -0.1) is 0 Å². The number of aromatic nitrogens is 2. The lowest BCUT2D eigenvalue weighted by Gasteiger charge is -2.10. The molecule has 0 aliphatic carbocycles. The van der Waals surface area contributed by atoms with Crippen LogP contribution in [0.3, 0.4) is 0 Å². The molecular weight excluding hydrogens is 382 g/mol. The molecule has 0 fully saturated rings. The highest BCUT2D eigenvalue weighted by molar-refractivity contribution is 6.01. The zero-order valence-electron chi connectivity index (χ0n) is 17.8. The number of hydrogen-bond acceptors (Lipinski definition) is 6. The molecule has 0 spiro atoms. The normalized spacial score (nSPS) is 10.7. The van der Waals surface area contributed by atoms with Crippen molar-refractivity contribution in [2.45, 2.75) is 41.0 Å². The maximum absolute atomic E-state index is 12.5. The highest BCUT2D eigenvalue weighted by Gasteiger charge is 2.17. The Morgan fingerprint density at radius 1 is 1.10 bits per heavy atom. The van der Waals surface area contributed by atoms with Crippen LogP contribution in [0.2, 0.25) is 0 Å². The number of benzene rings is 1.